The monoisotopic (exact) mass is 222 g/mol. The van der Waals surface area contributed by atoms with Gasteiger partial charge in [0.15, 0.2) is 6.10 Å². The van der Waals surface area contributed by atoms with Crippen molar-refractivity contribution in [1.29, 1.82) is 0 Å². The van der Waals surface area contributed by atoms with Crippen LogP contribution in [-0.4, -0.2) is 17.7 Å². The van der Waals surface area contributed by atoms with Crippen molar-refractivity contribution in [2.24, 2.45) is 0 Å². The number of carbonyl (C=O) groups is 1. The Morgan fingerprint density at radius 3 is 3.00 bits per heavy atom. The SMILES string of the molecule is CCOC(=O)C(O)c1ccc2c(c1)COC2. The number of hydrogen-bond acceptors (Lipinski definition) is 4. The fraction of sp³-hybridized carbons (Fsp3) is 0.417. The fourth-order valence-corrected chi connectivity index (χ4v) is 1.72. The van der Waals surface area contributed by atoms with E-state index in [0.717, 1.165) is 11.1 Å². The Labute approximate surface area is 93.8 Å². The second-order valence-electron chi connectivity index (χ2n) is 3.68. The number of fused-ring (bicyclic) bond motifs is 1. The average molecular weight is 222 g/mol. The fourth-order valence-electron chi connectivity index (χ4n) is 1.72. The summed E-state index contributed by atoms with van der Waals surface area (Å²) in [5.41, 5.74) is 2.70. The van der Waals surface area contributed by atoms with Crippen molar-refractivity contribution in [1.82, 2.24) is 0 Å². The van der Waals surface area contributed by atoms with Crippen LogP contribution in [0.2, 0.25) is 0 Å². The molecule has 1 heterocycles. The third-order valence-electron chi connectivity index (χ3n) is 2.57. The van der Waals surface area contributed by atoms with Crippen LogP contribution in [0.4, 0.5) is 0 Å². The Bertz CT molecular complexity index is 400. The zero-order chi connectivity index (χ0) is 11.5. The quantitative estimate of drug-likeness (QED) is 0.783. The maximum Gasteiger partial charge on any atom is 0.339 e. The van der Waals surface area contributed by atoms with Crippen LogP contribution in [0, 0.1) is 0 Å². The predicted octanol–water partition coefficient (Wildman–Crippen LogP) is 1.31. The van der Waals surface area contributed by atoms with Gasteiger partial charge in [-0.15, -0.1) is 0 Å². The van der Waals surface area contributed by atoms with Crippen LogP contribution in [-0.2, 0) is 27.5 Å². The highest BCUT2D eigenvalue weighted by molar-refractivity contribution is 5.76. The van der Waals surface area contributed by atoms with E-state index >= 15 is 0 Å². The molecule has 0 bridgehead atoms. The Balaban J connectivity index is 2.18. The second kappa shape index (κ2) is 4.63. The van der Waals surface area contributed by atoms with Crippen LogP contribution in [0.15, 0.2) is 18.2 Å². The molecule has 0 fully saturated rings. The smallest absolute Gasteiger partial charge is 0.339 e. The summed E-state index contributed by atoms with van der Waals surface area (Å²) in [7, 11) is 0. The predicted molar refractivity (Wildman–Crippen MR) is 56.5 cm³/mol. The zero-order valence-corrected chi connectivity index (χ0v) is 9.10. The number of aliphatic hydroxyl groups is 1. The molecule has 0 radical (unpaired) electrons. The molecule has 1 N–H and O–H groups in total. The summed E-state index contributed by atoms with van der Waals surface area (Å²) in [6.45, 7) is 3.12. The molecule has 1 aromatic rings. The molecular weight excluding hydrogens is 208 g/mol. The Morgan fingerprint density at radius 1 is 1.50 bits per heavy atom. The summed E-state index contributed by atoms with van der Waals surface area (Å²) in [5, 5.41) is 9.74. The van der Waals surface area contributed by atoms with E-state index in [2.05, 4.69) is 0 Å². The molecule has 1 atom stereocenters. The van der Waals surface area contributed by atoms with E-state index in [0.29, 0.717) is 18.8 Å². The van der Waals surface area contributed by atoms with Crippen molar-refractivity contribution < 1.29 is 19.4 Å². The number of ether oxygens (including phenoxy) is 2. The molecule has 86 valence electrons. The Hall–Kier alpha value is -1.39. The lowest BCUT2D eigenvalue weighted by atomic mass is 10.0. The van der Waals surface area contributed by atoms with Crippen LogP contribution >= 0.6 is 0 Å². The molecule has 4 heteroatoms. The Kier molecular flexibility index (Phi) is 3.22. The molecule has 1 aliphatic heterocycles. The molecule has 1 aliphatic rings. The summed E-state index contributed by atoms with van der Waals surface area (Å²) in [4.78, 5) is 11.3. The number of aliphatic hydroxyl groups excluding tert-OH is 1. The molecule has 16 heavy (non-hydrogen) atoms. The van der Waals surface area contributed by atoms with Crippen molar-refractivity contribution >= 4 is 5.97 Å². The van der Waals surface area contributed by atoms with Crippen LogP contribution in [0.5, 0.6) is 0 Å². The molecule has 0 saturated heterocycles. The third-order valence-corrected chi connectivity index (χ3v) is 2.57. The second-order valence-corrected chi connectivity index (χ2v) is 3.68. The highest BCUT2D eigenvalue weighted by Crippen LogP contribution is 2.24. The van der Waals surface area contributed by atoms with Gasteiger partial charge in [-0.1, -0.05) is 12.1 Å². The lowest BCUT2D eigenvalue weighted by molar-refractivity contribution is -0.153. The number of esters is 1. The third kappa shape index (κ3) is 2.08. The average Bonchev–Trinajstić information content (AvgIpc) is 2.75. The minimum atomic E-state index is -1.20. The largest absolute Gasteiger partial charge is 0.464 e. The summed E-state index contributed by atoms with van der Waals surface area (Å²) < 4.78 is 10.0. The van der Waals surface area contributed by atoms with Crippen LogP contribution in [0.25, 0.3) is 0 Å². The van der Waals surface area contributed by atoms with Gasteiger partial charge in [-0.3, -0.25) is 0 Å². The molecule has 1 aromatic carbocycles. The van der Waals surface area contributed by atoms with Crippen molar-refractivity contribution in [2.45, 2.75) is 26.2 Å². The number of hydrogen-bond donors (Lipinski definition) is 1. The lowest BCUT2D eigenvalue weighted by Gasteiger charge is -2.10. The zero-order valence-electron chi connectivity index (χ0n) is 9.10. The molecule has 1 unspecified atom stereocenters. The molecule has 0 amide bonds. The first kappa shape index (κ1) is 11.1. The summed E-state index contributed by atoms with van der Waals surface area (Å²) in [6, 6.07) is 5.40. The molecule has 0 saturated carbocycles. The first-order chi connectivity index (χ1) is 7.72. The van der Waals surface area contributed by atoms with Gasteiger partial charge >= 0.3 is 5.97 Å². The summed E-state index contributed by atoms with van der Waals surface area (Å²) in [5.74, 6) is -0.610. The van der Waals surface area contributed by atoms with E-state index in [4.69, 9.17) is 9.47 Å². The van der Waals surface area contributed by atoms with E-state index in [1.54, 1.807) is 19.1 Å². The minimum Gasteiger partial charge on any atom is -0.464 e. The number of benzene rings is 1. The molecular formula is C12H14O4. The number of rotatable bonds is 3. The van der Waals surface area contributed by atoms with Crippen LogP contribution in [0.1, 0.15) is 29.7 Å². The maximum atomic E-state index is 11.3. The van der Waals surface area contributed by atoms with Crippen molar-refractivity contribution in [3.8, 4) is 0 Å². The molecule has 2 rings (SSSR count). The van der Waals surface area contributed by atoms with Gasteiger partial charge < -0.3 is 14.6 Å². The molecule has 4 nitrogen and oxygen atoms in total. The highest BCUT2D eigenvalue weighted by atomic mass is 16.5. The van der Waals surface area contributed by atoms with Crippen molar-refractivity contribution in [2.75, 3.05) is 6.61 Å². The van der Waals surface area contributed by atoms with Gasteiger partial charge in [-0.05, 0) is 29.7 Å². The van der Waals surface area contributed by atoms with Crippen LogP contribution < -0.4 is 0 Å². The first-order valence-corrected chi connectivity index (χ1v) is 5.26. The standard InChI is InChI=1S/C12H14O4/c1-2-16-12(14)11(13)8-3-4-9-6-15-7-10(9)5-8/h3-5,11,13H,2,6-7H2,1H3. The van der Waals surface area contributed by atoms with E-state index in [9.17, 15) is 9.90 Å². The van der Waals surface area contributed by atoms with E-state index in [1.165, 1.54) is 0 Å². The molecule has 0 aromatic heterocycles. The van der Waals surface area contributed by atoms with Crippen molar-refractivity contribution in [3.05, 3.63) is 34.9 Å². The Morgan fingerprint density at radius 2 is 2.25 bits per heavy atom. The highest BCUT2D eigenvalue weighted by Gasteiger charge is 2.20. The van der Waals surface area contributed by atoms with E-state index in [-0.39, 0.29) is 6.61 Å². The van der Waals surface area contributed by atoms with Gasteiger partial charge in [0.05, 0.1) is 19.8 Å². The van der Waals surface area contributed by atoms with Gasteiger partial charge in [-0.2, -0.15) is 0 Å². The first-order valence-electron chi connectivity index (χ1n) is 5.26. The molecule has 0 spiro atoms. The maximum absolute atomic E-state index is 11.3. The topological polar surface area (TPSA) is 55.8 Å². The molecule has 0 aliphatic carbocycles. The normalized spacial score (nSPS) is 15.6. The van der Waals surface area contributed by atoms with E-state index < -0.39 is 12.1 Å². The summed E-state index contributed by atoms with van der Waals surface area (Å²) in [6.07, 6.45) is -1.20. The lowest BCUT2D eigenvalue weighted by Crippen LogP contribution is -2.15. The number of carbonyl (C=O) groups excluding carboxylic acids is 1. The minimum absolute atomic E-state index is 0.268. The van der Waals surface area contributed by atoms with Gasteiger partial charge in [0, 0.05) is 0 Å². The van der Waals surface area contributed by atoms with Crippen LogP contribution in [0.3, 0.4) is 0 Å². The van der Waals surface area contributed by atoms with E-state index in [1.807, 2.05) is 6.07 Å². The summed E-state index contributed by atoms with van der Waals surface area (Å²) >= 11 is 0. The van der Waals surface area contributed by atoms with Crippen molar-refractivity contribution in [3.63, 3.8) is 0 Å². The van der Waals surface area contributed by atoms with Gasteiger partial charge in [0.25, 0.3) is 0 Å². The van der Waals surface area contributed by atoms with Gasteiger partial charge in [0.2, 0.25) is 0 Å². The van der Waals surface area contributed by atoms with Gasteiger partial charge in [-0.25, -0.2) is 4.79 Å². The van der Waals surface area contributed by atoms with Gasteiger partial charge in [0.1, 0.15) is 0 Å².